The predicted molar refractivity (Wildman–Crippen MR) is 149 cm³/mol. The number of hydrogen-bond donors (Lipinski definition) is 3. The zero-order valence-electron chi connectivity index (χ0n) is 23.1. The zero-order chi connectivity index (χ0) is 27.4. The maximum atomic E-state index is 15.3. The second-order valence-electron chi connectivity index (χ2n) is 10.6. The van der Waals surface area contributed by atoms with E-state index in [0.717, 1.165) is 32.4 Å². The first-order valence-electron chi connectivity index (χ1n) is 13.6. The van der Waals surface area contributed by atoms with E-state index in [1.165, 1.54) is 31.4 Å². The van der Waals surface area contributed by atoms with Crippen molar-refractivity contribution in [3.05, 3.63) is 35.9 Å². The Morgan fingerprint density at radius 2 is 1.35 bits per heavy atom. The Hall–Kier alpha value is -2.74. The fraction of sp³-hybridized carbons (Fsp3) is 0.586. The number of halogens is 2. The summed E-state index contributed by atoms with van der Waals surface area (Å²) in [5, 5.41) is 7.87. The molecule has 2 aromatic rings. The molecule has 2 aromatic carbocycles. The Morgan fingerprint density at radius 1 is 0.811 bits per heavy atom. The average Bonchev–Trinajstić information content (AvgIpc) is 2.81. The van der Waals surface area contributed by atoms with Gasteiger partial charge in [-0.15, -0.1) is 0 Å². The molecule has 0 aliphatic rings. The summed E-state index contributed by atoms with van der Waals surface area (Å²) in [6.45, 7) is 12.6. The van der Waals surface area contributed by atoms with Crippen LogP contribution in [0.2, 0.25) is 0 Å². The van der Waals surface area contributed by atoms with Crippen LogP contribution in [-0.4, -0.2) is 43.0 Å². The smallest absolute Gasteiger partial charge is 0.319 e. The summed E-state index contributed by atoms with van der Waals surface area (Å²) < 4.78 is 30.6. The van der Waals surface area contributed by atoms with Crippen LogP contribution in [-0.2, 0) is 4.79 Å². The number of anilines is 2. The molecule has 2 rings (SSSR count). The molecule has 0 atom stereocenters. The van der Waals surface area contributed by atoms with E-state index in [2.05, 4.69) is 50.6 Å². The van der Waals surface area contributed by atoms with E-state index in [9.17, 15) is 9.59 Å². The second-order valence-corrected chi connectivity index (χ2v) is 10.6. The van der Waals surface area contributed by atoms with E-state index in [1.807, 2.05) is 4.90 Å². The summed E-state index contributed by atoms with van der Waals surface area (Å²) >= 11 is 0. The minimum atomic E-state index is -0.873. The van der Waals surface area contributed by atoms with Crippen molar-refractivity contribution in [2.24, 2.45) is 11.8 Å². The maximum absolute atomic E-state index is 15.3. The van der Waals surface area contributed by atoms with Gasteiger partial charge in [0.15, 0.2) is 11.6 Å². The molecule has 8 heteroatoms. The molecular weight excluding hydrogens is 474 g/mol. The highest BCUT2D eigenvalue weighted by molar-refractivity contribution is 5.98. The average molecular weight is 519 g/mol. The van der Waals surface area contributed by atoms with Gasteiger partial charge in [-0.1, -0.05) is 78.9 Å². The summed E-state index contributed by atoms with van der Waals surface area (Å²) in [6, 6.07) is 5.41. The quantitative estimate of drug-likeness (QED) is 0.219. The molecule has 37 heavy (non-hydrogen) atoms. The Kier molecular flexibility index (Phi) is 12.8. The van der Waals surface area contributed by atoms with Crippen LogP contribution in [0.4, 0.5) is 25.0 Å². The molecule has 0 spiro atoms. The van der Waals surface area contributed by atoms with Gasteiger partial charge in [-0.05, 0) is 35.8 Å². The van der Waals surface area contributed by atoms with E-state index >= 15 is 8.78 Å². The monoisotopic (exact) mass is 518 g/mol. The van der Waals surface area contributed by atoms with Crippen LogP contribution in [0.15, 0.2) is 24.3 Å². The first-order chi connectivity index (χ1) is 17.6. The number of unbranched alkanes of at least 4 members (excludes halogenated alkanes) is 5. The molecule has 6 nitrogen and oxygen atoms in total. The zero-order valence-corrected chi connectivity index (χ0v) is 23.1. The molecule has 0 aliphatic heterocycles. The number of hydrogen-bond acceptors (Lipinski definition) is 3. The standard InChI is InChI=1S/C29H44F2N4O2/c1-6-7-8-9-10-11-16-32-29(37)34-24-15-13-22-12-14-23(27(30)26(22)28(24)31)33-25(36)19-35(17-20(2)3)18-21(4)5/h12-15,20-21H,6-11,16-19H2,1-5H3,(H,33,36)(H2,32,34,37). The molecule has 0 bridgehead atoms. The molecule has 0 heterocycles. The topological polar surface area (TPSA) is 73.5 Å². The Bertz CT molecular complexity index is 1020. The number of carbonyl (C=O) groups is 2. The van der Waals surface area contributed by atoms with E-state index in [-0.39, 0.29) is 29.2 Å². The number of nitrogens with one attached hydrogen (secondary N) is 3. The SMILES string of the molecule is CCCCCCCCNC(=O)Nc1ccc2ccc(NC(=O)CN(CC(C)C)CC(C)C)c(F)c2c1F. The lowest BCUT2D eigenvalue weighted by molar-refractivity contribution is -0.117. The molecule has 0 aliphatic carbocycles. The second kappa shape index (κ2) is 15.5. The number of rotatable bonds is 15. The third-order valence-corrected chi connectivity index (χ3v) is 6.01. The predicted octanol–water partition coefficient (Wildman–Crippen LogP) is 7.15. The molecule has 3 N–H and O–H groups in total. The van der Waals surface area contributed by atoms with Gasteiger partial charge in [-0.2, -0.15) is 0 Å². The minimum absolute atomic E-state index is 0.0879. The molecular formula is C29H44F2N4O2. The van der Waals surface area contributed by atoms with Crippen molar-refractivity contribution < 1.29 is 18.4 Å². The van der Waals surface area contributed by atoms with Crippen molar-refractivity contribution >= 4 is 34.1 Å². The van der Waals surface area contributed by atoms with Gasteiger partial charge >= 0.3 is 6.03 Å². The molecule has 0 unspecified atom stereocenters. The van der Waals surface area contributed by atoms with Crippen LogP contribution in [0, 0.1) is 23.5 Å². The van der Waals surface area contributed by atoms with E-state index < -0.39 is 17.7 Å². The molecule has 0 radical (unpaired) electrons. The van der Waals surface area contributed by atoms with Crippen molar-refractivity contribution in [3.63, 3.8) is 0 Å². The molecule has 0 aromatic heterocycles. The number of nitrogens with zero attached hydrogens (tertiary/aromatic N) is 1. The molecule has 206 valence electrons. The number of benzene rings is 2. The number of fused-ring (bicyclic) bond motifs is 1. The highest BCUT2D eigenvalue weighted by atomic mass is 19.1. The Balaban J connectivity index is 2.05. The van der Waals surface area contributed by atoms with Crippen LogP contribution in [0.3, 0.4) is 0 Å². The lowest BCUT2D eigenvalue weighted by Crippen LogP contribution is -2.38. The summed E-state index contributed by atoms with van der Waals surface area (Å²) in [5.41, 5.74) is -0.203. The van der Waals surface area contributed by atoms with Crippen LogP contribution in [0.1, 0.15) is 73.1 Å². The Morgan fingerprint density at radius 3 is 1.92 bits per heavy atom. The fourth-order valence-electron chi connectivity index (χ4n) is 4.43. The van der Waals surface area contributed by atoms with Crippen molar-refractivity contribution in [1.82, 2.24) is 10.2 Å². The van der Waals surface area contributed by atoms with Crippen LogP contribution in [0.5, 0.6) is 0 Å². The summed E-state index contributed by atoms with van der Waals surface area (Å²) in [5.74, 6) is -1.33. The lowest BCUT2D eigenvalue weighted by atomic mass is 10.1. The van der Waals surface area contributed by atoms with Gasteiger partial charge in [0.1, 0.15) is 0 Å². The molecule has 0 fully saturated rings. The Labute approximate surface area is 220 Å². The van der Waals surface area contributed by atoms with Gasteiger partial charge in [0, 0.05) is 19.6 Å². The van der Waals surface area contributed by atoms with Crippen molar-refractivity contribution in [2.75, 3.05) is 36.8 Å². The highest BCUT2D eigenvalue weighted by Gasteiger charge is 2.19. The van der Waals surface area contributed by atoms with Gasteiger partial charge in [0.05, 0.1) is 23.3 Å². The number of urea groups is 1. The van der Waals surface area contributed by atoms with Gasteiger partial charge in [-0.3, -0.25) is 9.69 Å². The van der Waals surface area contributed by atoms with Gasteiger partial charge in [-0.25, -0.2) is 13.6 Å². The first kappa shape index (κ1) is 30.5. The first-order valence-corrected chi connectivity index (χ1v) is 13.6. The van der Waals surface area contributed by atoms with Crippen molar-refractivity contribution in [3.8, 4) is 0 Å². The van der Waals surface area contributed by atoms with E-state index in [1.54, 1.807) is 12.1 Å². The number of carbonyl (C=O) groups excluding carboxylic acids is 2. The minimum Gasteiger partial charge on any atom is -0.338 e. The third kappa shape index (κ3) is 10.3. The largest absolute Gasteiger partial charge is 0.338 e. The molecule has 0 saturated carbocycles. The highest BCUT2D eigenvalue weighted by Crippen LogP contribution is 2.31. The third-order valence-electron chi connectivity index (χ3n) is 6.01. The summed E-state index contributed by atoms with van der Waals surface area (Å²) in [6.07, 6.45) is 6.58. The lowest BCUT2D eigenvalue weighted by Gasteiger charge is -2.25. The van der Waals surface area contributed by atoms with Crippen LogP contribution >= 0.6 is 0 Å². The molecule has 0 saturated heterocycles. The summed E-state index contributed by atoms with van der Waals surface area (Å²) in [7, 11) is 0. The van der Waals surface area contributed by atoms with Crippen LogP contribution < -0.4 is 16.0 Å². The van der Waals surface area contributed by atoms with Crippen molar-refractivity contribution in [2.45, 2.75) is 73.1 Å². The summed E-state index contributed by atoms with van der Waals surface area (Å²) in [4.78, 5) is 27.0. The van der Waals surface area contributed by atoms with Crippen molar-refractivity contribution in [1.29, 1.82) is 0 Å². The maximum Gasteiger partial charge on any atom is 0.319 e. The van der Waals surface area contributed by atoms with E-state index in [4.69, 9.17) is 0 Å². The molecule has 3 amide bonds. The van der Waals surface area contributed by atoms with Gasteiger partial charge in [0.25, 0.3) is 0 Å². The van der Waals surface area contributed by atoms with Crippen LogP contribution in [0.25, 0.3) is 10.8 Å². The van der Waals surface area contributed by atoms with Gasteiger partial charge in [0.2, 0.25) is 5.91 Å². The van der Waals surface area contributed by atoms with E-state index in [0.29, 0.717) is 23.8 Å². The normalized spacial score (nSPS) is 11.5. The number of amides is 3. The fourth-order valence-corrected chi connectivity index (χ4v) is 4.43. The van der Waals surface area contributed by atoms with Gasteiger partial charge < -0.3 is 16.0 Å².